The smallest absolute Gasteiger partial charge is 0.246 e. The first-order valence-corrected chi connectivity index (χ1v) is 11.0. The van der Waals surface area contributed by atoms with Gasteiger partial charge >= 0.3 is 0 Å². The molecule has 0 radical (unpaired) electrons. The van der Waals surface area contributed by atoms with Crippen molar-refractivity contribution in [2.24, 2.45) is 0 Å². The Morgan fingerprint density at radius 1 is 1.21 bits per heavy atom. The van der Waals surface area contributed by atoms with Gasteiger partial charge in [0.05, 0.1) is 6.26 Å². The SMILES string of the molecule is CC(=O)N[C@H]1CN(Cc2ccc(F)cc2)C[C@@H]2C[C@H](NS(C)(=O)=O)CN2C1=O. The van der Waals surface area contributed by atoms with Crippen LogP contribution in [0.5, 0.6) is 0 Å². The highest BCUT2D eigenvalue weighted by molar-refractivity contribution is 7.88. The van der Waals surface area contributed by atoms with E-state index in [2.05, 4.69) is 10.0 Å². The Morgan fingerprint density at radius 3 is 2.50 bits per heavy atom. The van der Waals surface area contributed by atoms with Gasteiger partial charge < -0.3 is 10.2 Å². The lowest BCUT2D eigenvalue weighted by atomic mass is 10.1. The Labute approximate surface area is 164 Å². The summed E-state index contributed by atoms with van der Waals surface area (Å²) in [5, 5.41) is 2.70. The number of rotatable bonds is 5. The summed E-state index contributed by atoms with van der Waals surface area (Å²) in [5.74, 6) is -0.828. The van der Waals surface area contributed by atoms with Crippen LogP contribution in [0.1, 0.15) is 18.9 Å². The maximum absolute atomic E-state index is 13.2. The summed E-state index contributed by atoms with van der Waals surface area (Å²) < 4.78 is 38.9. The summed E-state index contributed by atoms with van der Waals surface area (Å²) in [5.41, 5.74) is 0.896. The molecule has 10 heteroatoms. The van der Waals surface area contributed by atoms with E-state index >= 15 is 0 Å². The quantitative estimate of drug-likeness (QED) is 0.690. The summed E-state index contributed by atoms with van der Waals surface area (Å²) in [6.07, 6.45) is 1.60. The molecule has 0 aromatic heterocycles. The number of carbonyl (C=O) groups is 2. The van der Waals surface area contributed by atoms with Crippen LogP contribution in [-0.4, -0.2) is 74.0 Å². The molecule has 0 spiro atoms. The van der Waals surface area contributed by atoms with E-state index in [-0.39, 0.29) is 36.3 Å². The minimum atomic E-state index is -3.38. The Morgan fingerprint density at radius 2 is 1.89 bits per heavy atom. The van der Waals surface area contributed by atoms with E-state index in [1.807, 2.05) is 4.90 Å². The molecule has 0 aliphatic carbocycles. The predicted octanol–water partition coefficient (Wildman–Crippen LogP) is -0.335. The molecular formula is C18H25FN4O4S. The zero-order valence-electron chi connectivity index (χ0n) is 15.9. The Balaban J connectivity index is 1.80. The number of carbonyl (C=O) groups excluding carboxylic acids is 2. The van der Waals surface area contributed by atoms with Crippen molar-refractivity contribution in [2.45, 2.75) is 38.0 Å². The van der Waals surface area contributed by atoms with Gasteiger partial charge in [0.2, 0.25) is 21.8 Å². The van der Waals surface area contributed by atoms with Crippen molar-refractivity contribution in [3.63, 3.8) is 0 Å². The topological polar surface area (TPSA) is 98.8 Å². The molecule has 2 aliphatic rings. The first-order valence-electron chi connectivity index (χ1n) is 9.12. The van der Waals surface area contributed by atoms with Crippen LogP contribution in [0, 0.1) is 5.82 Å². The number of nitrogens with one attached hydrogen (secondary N) is 2. The third-order valence-corrected chi connectivity index (χ3v) is 5.74. The summed E-state index contributed by atoms with van der Waals surface area (Å²) in [4.78, 5) is 28.3. The number of halogens is 1. The van der Waals surface area contributed by atoms with Gasteiger partial charge in [-0.3, -0.25) is 14.5 Å². The molecular weight excluding hydrogens is 387 g/mol. The molecule has 2 N–H and O–H groups in total. The molecule has 1 aromatic carbocycles. The van der Waals surface area contributed by atoms with Gasteiger partial charge in [-0.2, -0.15) is 0 Å². The van der Waals surface area contributed by atoms with E-state index in [4.69, 9.17) is 0 Å². The number of nitrogens with zero attached hydrogens (tertiary/aromatic N) is 2. The van der Waals surface area contributed by atoms with Crippen LogP contribution in [0.15, 0.2) is 24.3 Å². The number of benzene rings is 1. The maximum Gasteiger partial charge on any atom is 0.246 e. The van der Waals surface area contributed by atoms with Crippen LogP contribution in [0.3, 0.4) is 0 Å². The average molecular weight is 412 g/mol. The monoisotopic (exact) mass is 412 g/mol. The second-order valence-electron chi connectivity index (χ2n) is 7.54. The predicted molar refractivity (Wildman–Crippen MR) is 101 cm³/mol. The van der Waals surface area contributed by atoms with E-state index in [1.165, 1.54) is 19.1 Å². The van der Waals surface area contributed by atoms with Gasteiger partial charge in [0, 0.05) is 45.2 Å². The van der Waals surface area contributed by atoms with Gasteiger partial charge in [-0.05, 0) is 24.1 Å². The fourth-order valence-corrected chi connectivity index (χ4v) is 4.76. The van der Waals surface area contributed by atoms with Crippen LogP contribution in [0.25, 0.3) is 0 Å². The van der Waals surface area contributed by atoms with Crippen LogP contribution >= 0.6 is 0 Å². The van der Waals surface area contributed by atoms with E-state index in [0.717, 1.165) is 11.8 Å². The zero-order valence-corrected chi connectivity index (χ0v) is 16.7. The molecule has 1 aromatic rings. The number of sulfonamides is 1. The first kappa shape index (κ1) is 20.7. The molecule has 154 valence electrons. The molecule has 2 aliphatic heterocycles. The highest BCUT2D eigenvalue weighted by Crippen LogP contribution is 2.24. The largest absolute Gasteiger partial charge is 0.343 e. The molecule has 28 heavy (non-hydrogen) atoms. The summed E-state index contributed by atoms with van der Waals surface area (Å²) >= 11 is 0. The molecule has 3 rings (SSSR count). The normalized spacial score (nSPS) is 26.0. The molecule has 2 amide bonds. The highest BCUT2D eigenvalue weighted by atomic mass is 32.2. The zero-order chi connectivity index (χ0) is 20.5. The van der Waals surface area contributed by atoms with Crippen molar-refractivity contribution >= 4 is 21.8 Å². The van der Waals surface area contributed by atoms with E-state index in [0.29, 0.717) is 26.1 Å². The lowest BCUT2D eigenvalue weighted by molar-refractivity contribution is -0.135. The van der Waals surface area contributed by atoms with Gasteiger partial charge in [-0.1, -0.05) is 12.1 Å². The van der Waals surface area contributed by atoms with Gasteiger partial charge in [0.15, 0.2) is 0 Å². The minimum absolute atomic E-state index is 0.161. The van der Waals surface area contributed by atoms with Crippen molar-refractivity contribution < 1.29 is 22.4 Å². The molecule has 8 nitrogen and oxygen atoms in total. The van der Waals surface area contributed by atoms with E-state index in [1.54, 1.807) is 17.0 Å². The molecule has 2 fully saturated rings. The van der Waals surface area contributed by atoms with Gasteiger partial charge in [0.1, 0.15) is 11.9 Å². The highest BCUT2D eigenvalue weighted by Gasteiger charge is 2.42. The fraction of sp³-hybridized carbons (Fsp3) is 0.556. The third kappa shape index (κ3) is 5.27. The average Bonchev–Trinajstić information content (AvgIpc) is 2.90. The van der Waals surface area contributed by atoms with Crippen molar-refractivity contribution in [2.75, 3.05) is 25.9 Å². The molecule has 2 heterocycles. The standard InChI is InChI=1S/C18H25FN4O4S/c1-12(24)20-17-11-22(8-13-3-5-14(19)6-4-13)10-16-7-15(21-28(2,26)27)9-23(16)18(17)25/h3-6,15-17,21H,7-11H2,1-2H3,(H,20,24)/t15-,16-,17-/m0/s1. The molecule has 3 atom stereocenters. The maximum atomic E-state index is 13.2. The van der Waals surface area contributed by atoms with Crippen molar-refractivity contribution in [3.8, 4) is 0 Å². The third-order valence-electron chi connectivity index (χ3n) is 4.98. The number of fused-ring (bicyclic) bond motifs is 1. The van der Waals surface area contributed by atoms with E-state index < -0.39 is 16.1 Å². The molecule has 2 saturated heterocycles. The Bertz CT molecular complexity index is 846. The Hall–Kier alpha value is -2.04. The number of hydrogen-bond acceptors (Lipinski definition) is 5. The summed E-state index contributed by atoms with van der Waals surface area (Å²) in [6.45, 7) is 3.02. The lowest BCUT2D eigenvalue weighted by Crippen LogP contribution is -2.51. The van der Waals surface area contributed by atoms with Crippen LogP contribution in [-0.2, 0) is 26.2 Å². The van der Waals surface area contributed by atoms with Gasteiger partial charge in [-0.25, -0.2) is 17.5 Å². The van der Waals surface area contributed by atoms with Crippen LogP contribution in [0.2, 0.25) is 0 Å². The first-order chi connectivity index (χ1) is 13.1. The lowest BCUT2D eigenvalue weighted by Gasteiger charge is -2.25. The van der Waals surface area contributed by atoms with Gasteiger partial charge in [-0.15, -0.1) is 0 Å². The molecule has 0 unspecified atom stereocenters. The van der Waals surface area contributed by atoms with Crippen molar-refractivity contribution in [3.05, 3.63) is 35.6 Å². The summed E-state index contributed by atoms with van der Waals surface area (Å²) in [6, 6.07) is 4.93. The van der Waals surface area contributed by atoms with E-state index in [9.17, 15) is 22.4 Å². The number of hydrogen-bond donors (Lipinski definition) is 2. The fourth-order valence-electron chi connectivity index (χ4n) is 3.99. The summed E-state index contributed by atoms with van der Waals surface area (Å²) in [7, 11) is -3.38. The second-order valence-corrected chi connectivity index (χ2v) is 9.32. The van der Waals surface area contributed by atoms with Crippen molar-refractivity contribution in [1.82, 2.24) is 19.8 Å². The number of amides is 2. The second kappa shape index (κ2) is 8.14. The molecule has 0 saturated carbocycles. The van der Waals surface area contributed by atoms with Gasteiger partial charge in [0.25, 0.3) is 0 Å². The van der Waals surface area contributed by atoms with Crippen molar-refractivity contribution in [1.29, 1.82) is 0 Å². The Kier molecular flexibility index (Phi) is 6.01. The molecule has 0 bridgehead atoms. The van der Waals surface area contributed by atoms with Crippen LogP contribution < -0.4 is 10.0 Å². The minimum Gasteiger partial charge on any atom is -0.343 e. The van der Waals surface area contributed by atoms with Crippen LogP contribution in [0.4, 0.5) is 4.39 Å².